The molecule has 0 saturated carbocycles. The number of ether oxygens (including phenoxy) is 2. The van der Waals surface area contributed by atoms with Gasteiger partial charge in [-0.25, -0.2) is 0 Å². The number of carbonyl (C=O) groups is 1. The zero-order valence-electron chi connectivity index (χ0n) is 18.7. The van der Waals surface area contributed by atoms with Gasteiger partial charge in [-0.05, 0) is 61.7 Å². The largest absolute Gasteiger partial charge is 0.497 e. The monoisotopic (exact) mass is 486 g/mol. The molecule has 1 N–H and O–H groups in total. The Hall–Kier alpha value is -2.55. The smallest absolute Gasteiger partial charge is 0.233 e. The fraction of sp³-hybridized carbons (Fsp3) is 0.375. The number of thioether (sulfide) groups is 1. The van der Waals surface area contributed by atoms with Crippen LogP contribution in [0.25, 0.3) is 11.4 Å². The molecule has 9 heteroatoms. The Morgan fingerprint density at radius 3 is 2.67 bits per heavy atom. The number of halogens is 1. The number of nitrogens with zero attached hydrogens (tertiary/aromatic N) is 3. The third-order valence-electron chi connectivity index (χ3n) is 5.51. The highest BCUT2D eigenvalue weighted by atomic mass is 35.5. The number of nitrogens with one attached hydrogen (secondary N) is 1. The van der Waals surface area contributed by atoms with Crippen molar-refractivity contribution in [2.75, 3.05) is 13.7 Å². The van der Waals surface area contributed by atoms with Crippen molar-refractivity contribution in [2.24, 2.45) is 0 Å². The number of aromatic nitrogens is 3. The highest BCUT2D eigenvalue weighted by Crippen LogP contribution is 2.29. The van der Waals surface area contributed by atoms with Gasteiger partial charge in [-0.15, -0.1) is 10.2 Å². The molecule has 1 aliphatic heterocycles. The van der Waals surface area contributed by atoms with Crippen LogP contribution in [0.15, 0.2) is 53.7 Å². The average Bonchev–Trinajstić information content (AvgIpc) is 3.49. The molecule has 1 aromatic heterocycles. The van der Waals surface area contributed by atoms with E-state index in [1.807, 2.05) is 55.5 Å². The van der Waals surface area contributed by atoms with E-state index < -0.39 is 0 Å². The summed E-state index contributed by atoms with van der Waals surface area (Å²) >= 11 is 7.45. The zero-order valence-corrected chi connectivity index (χ0v) is 20.2. The van der Waals surface area contributed by atoms with Crippen LogP contribution in [0.2, 0.25) is 5.02 Å². The van der Waals surface area contributed by atoms with Crippen molar-refractivity contribution in [2.45, 2.75) is 49.4 Å². The van der Waals surface area contributed by atoms with E-state index in [1.54, 1.807) is 7.11 Å². The van der Waals surface area contributed by atoms with Gasteiger partial charge in [0.25, 0.3) is 0 Å². The van der Waals surface area contributed by atoms with E-state index in [0.29, 0.717) is 23.3 Å². The van der Waals surface area contributed by atoms with Crippen LogP contribution in [0.1, 0.15) is 25.3 Å². The Kier molecular flexibility index (Phi) is 7.90. The minimum atomic E-state index is -0.339. The molecule has 1 amide bonds. The molecule has 4 rings (SSSR count). The number of amides is 1. The molecule has 1 aliphatic rings. The molecular formula is C24H27ClN4O3S. The third kappa shape index (κ3) is 6.07. The average molecular weight is 487 g/mol. The maximum Gasteiger partial charge on any atom is 0.233 e. The summed E-state index contributed by atoms with van der Waals surface area (Å²) in [6.07, 6.45) is 2.17. The summed E-state index contributed by atoms with van der Waals surface area (Å²) in [5, 5.41) is 12.9. The number of methoxy groups -OCH3 is 1. The minimum absolute atomic E-state index is 0.0597. The van der Waals surface area contributed by atoms with Crippen molar-refractivity contribution in [1.82, 2.24) is 20.1 Å². The number of hydrogen-bond donors (Lipinski definition) is 1. The maximum atomic E-state index is 12.8. The molecule has 174 valence electrons. The fourth-order valence-electron chi connectivity index (χ4n) is 3.63. The van der Waals surface area contributed by atoms with Gasteiger partial charge in [-0.3, -0.25) is 9.36 Å². The number of hydrogen-bond acceptors (Lipinski definition) is 6. The fourth-order valence-corrected chi connectivity index (χ4v) is 4.64. The summed E-state index contributed by atoms with van der Waals surface area (Å²) in [6.45, 7) is 3.75. The van der Waals surface area contributed by atoms with Crippen molar-refractivity contribution < 1.29 is 14.3 Å². The molecule has 2 aromatic carbocycles. The molecule has 7 nitrogen and oxygen atoms in total. The van der Waals surface area contributed by atoms with Crippen LogP contribution in [-0.2, 0) is 22.6 Å². The van der Waals surface area contributed by atoms with Crippen LogP contribution in [-0.4, -0.2) is 45.7 Å². The molecule has 2 unspecified atom stereocenters. The molecule has 0 radical (unpaired) electrons. The molecule has 1 fully saturated rings. The summed E-state index contributed by atoms with van der Waals surface area (Å²) < 4.78 is 13.1. The Labute approximate surface area is 202 Å². The van der Waals surface area contributed by atoms with Crippen molar-refractivity contribution in [3.05, 3.63) is 59.1 Å². The quantitative estimate of drug-likeness (QED) is 0.446. The Bertz CT molecular complexity index is 1070. The van der Waals surface area contributed by atoms with Crippen molar-refractivity contribution in [3.8, 4) is 17.1 Å². The van der Waals surface area contributed by atoms with E-state index in [9.17, 15) is 4.79 Å². The van der Waals surface area contributed by atoms with Gasteiger partial charge in [0.15, 0.2) is 11.0 Å². The number of benzene rings is 2. The van der Waals surface area contributed by atoms with Crippen molar-refractivity contribution in [3.63, 3.8) is 0 Å². The lowest BCUT2D eigenvalue weighted by Gasteiger charge is -2.16. The Morgan fingerprint density at radius 2 is 2.00 bits per heavy atom. The van der Waals surface area contributed by atoms with E-state index in [0.717, 1.165) is 42.1 Å². The van der Waals surface area contributed by atoms with Crippen LogP contribution in [0.4, 0.5) is 0 Å². The first-order valence-electron chi connectivity index (χ1n) is 10.9. The van der Waals surface area contributed by atoms with Gasteiger partial charge in [-0.1, -0.05) is 35.5 Å². The summed E-state index contributed by atoms with van der Waals surface area (Å²) in [5.41, 5.74) is 1.93. The van der Waals surface area contributed by atoms with E-state index in [-0.39, 0.29) is 17.3 Å². The molecule has 0 spiro atoms. The number of rotatable bonds is 9. The van der Waals surface area contributed by atoms with Crippen LogP contribution in [0, 0.1) is 0 Å². The second kappa shape index (κ2) is 11.0. The van der Waals surface area contributed by atoms with E-state index in [1.165, 1.54) is 11.8 Å². The summed E-state index contributed by atoms with van der Waals surface area (Å²) in [4.78, 5) is 12.8. The molecule has 33 heavy (non-hydrogen) atoms. The first-order chi connectivity index (χ1) is 16.0. The van der Waals surface area contributed by atoms with Gasteiger partial charge in [0.1, 0.15) is 5.75 Å². The van der Waals surface area contributed by atoms with Gasteiger partial charge >= 0.3 is 0 Å². The molecule has 0 aliphatic carbocycles. The van der Waals surface area contributed by atoms with E-state index in [4.69, 9.17) is 21.1 Å². The van der Waals surface area contributed by atoms with Gasteiger partial charge in [-0.2, -0.15) is 0 Å². The molecule has 3 aromatic rings. The number of carbonyl (C=O) groups excluding carboxylic acids is 1. The van der Waals surface area contributed by atoms with Crippen molar-refractivity contribution in [1.29, 1.82) is 0 Å². The second-order valence-electron chi connectivity index (χ2n) is 7.88. The highest BCUT2D eigenvalue weighted by molar-refractivity contribution is 8.00. The normalized spacial score (nSPS) is 16.5. The molecule has 2 heterocycles. The Balaban J connectivity index is 1.46. The first kappa shape index (κ1) is 23.6. The van der Waals surface area contributed by atoms with Crippen LogP contribution in [0.5, 0.6) is 5.75 Å². The summed E-state index contributed by atoms with van der Waals surface area (Å²) in [5.74, 6) is 1.47. The van der Waals surface area contributed by atoms with Gasteiger partial charge in [0, 0.05) is 23.7 Å². The lowest BCUT2D eigenvalue weighted by molar-refractivity contribution is -0.120. The minimum Gasteiger partial charge on any atom is -0.497 e. The third-order valence-corrected chi connectivity index (χ3v) is 6.84. The second-order valence-corrected chi connectivity index (χ2v) is 9.63. The predicted octanol–water partition coefficient (Wildman–Crippen LogP) is 4.58. The Morgan fingerprint density at radius 1 is 1.24 bits per heavy atom. The van der Waals surface area contributed by atoms with E-state index in [2.05, 4.69) is 20.1 Å². The molecule has 1 saturated heterocycles. The van der Waals surface area contributed by atoms with Gasteiger partial charge in [0.05, 0.1) is 25.0 Å². The predicted molar refractivity (Wildman–Crippen MR) is 130 cm³/mol. The standard InChI is InChI=1S/C24H27ClN4O3S/c1-16(23(30)26-14-17-5-11-20(31-2)12-6-17)33-24-28-27-22(18-7-9-19(25)10-8-18)29(24)15-21-4-3-13-32-21/h5-12,16,21H,3-4,13-15H2,1-2H3,(H,26,30). The van der Waals surface area contributed by atoms with E-state index >= 15 is 0 Å². The maximum absolute atomic E-state index is 12.8. The van der Waals surface area contributed by atoms with Crippen LogP contribution < -0.4 is 10.1 Å². The first-order valence-corrected chi connectivity index (χ1v) is 12.2. The highest BCUT2D eigenvalue weighted by Gasteiger charge is 2.24. The van der Waals surface area contributed by atoms with Crippen LogP contribution in [0.3, 0.4) is 0 Å². The molecule has 2 atom stereocenters. The zero-order chi connectivity index (χ0) is 23.2. The summed E-state index contributed by atoms with van der Waals surface area (Å²) in [6, 6.07) is 15.2. The lowest BCUT2D eigenvalue weighted by Crippen LogP contribution is -2.30. The summed E-state index contributed by atoms with van der Waals surface area (Å²) in [7, 11) is 1.63. The van der Waals surface area contributed by atoms with Crippen molar-refractivity contribution >= 4 is 29.3 Å². The molecule has 0 bridgehead atoms. The van der Waals surface area contributed by atoms with Gasteiger partial charge < -0.3 is 14.8 Å². The lowest BCUT2D eigenvalue weighted by atomic mass is 10.2. The molecular weight excluding hydrogens is 460 g/mol. The van der Waals surface area contributed by atoms with Crippen LogP contribution >= 0.6 is 23.4 Å². The topological polar surface area (TPSA) is 78.3 Å². The van der Waals surface area contributed by atoms with Gasteiger partial charge in [0.2, 0.25) is 5.91 Å². The SMILES string of the molecule is COc1ccc(CNC(=O)C(C)Sc2nnc(-c3ccc(Cl)cc3)n2CC2CCCO2)cc1.